The van der Waals surface area contributed by atoms with Gasteiger partial charge in [-0.25, -0.2) is 0 Å². The van der Waals surface area contributed by atoms with Gasteiger partial charge in [0.05, 0.1) is 14.2 Å². The minimum Gasteiger partial charge on any atom is -0.497 e. The summed E-state index contributed by atoms with van der Waals surface area (Å²) in [6.45, 7) is 2.05. The largest absolute Gasteiger partial charge is 0.497 e. The molecule has 1 aliphatic rings. The van der Waals surface area contributed by atoms with Crippen LogP contribution in [0.1, 0.15) is 18.4 Å². The molecule has 3 rings (SSSR count). The summed E-state index contributed by atoms with van der Waals surface area (Å²) in [6.07, 6.45) is 5.05. The number of hydrogen-bond donors (Lipinski definition) is 1. The zero-order valence-corrected chi connectivity index (χ0v) is 16.8. The minimum absolute atomic E-state index is 0. The van der Waals surface area contributed by atoms with Gasteiger partial charge in [0, 0.05) is 37.6 Å². The van der Waals surface area contributed by atoms with E-state index in [2.05, 4.69) is 10.4 Å². The molecule has 0 saturated carbocycles. The highest BCUT2D eigenvalue weighted by Gasteiger charge is 2.43. The highest BCUT2D eigenvalue weighted by Crippen LogP contribution is 2.31. The van der Waals surface area contributed by atoms with Crippen molar-refractivity contribution in [3.05, 3.63) is 42.2 Å². The van der Waals surface area contributed by atoms with Gasteiger partial charge in [0.15, 0.2) is 0 Å². The van der Waals surface area contributed by atoms with Crippen LogP contribution in [0.3, 0.4) is 0 Å². The molecule has 0 spiro atoms. The van der Waals surface area contributed by atoms with Gasteiger partial charge in [0.1, 0.15) is 17.0 Å². The first-order valence-electron chi connectivity index (χ1n) is 8.78. The summed E-state index contributed by atoms with van der Waals surface area (Å²) < 4.78 is 12.5. The van der Waals surface area contributed by atoms with E-state index >= 15 is 0 Å². The Bertz CT molecular complexity index is 745. The van der Waals surface area contributed by atoms with E-state index in [9.17, 15) is 4.79 Å². The van der Waals surface area contributed by atoms with Crippen LogP contribution < -0.4 is 14.8 Å². The topological polar surface area (TPSA) is 68.6 Å². The molecule has 7 nitrogen and oxygen atoms in total. The van der Waals surface area contributed by atoms with Crippen molar-refractivity contribution in [1.29, 1.82) is 0 Å². The number of amides is 1. The van der Waals surface area contributed by atoms with Gasteiger partial charge in [-0.1, -0.05) is 0 Å². The van der Waals surface area contributed by atoms with E-state index in [1.807, 2.05) is 42.2 Å². The van der Waals surface area contributed by atoms with Gasteiger partial charge < -0.3 is 19.7 Å². The summed E-state index contributed by atoms with van der Waals surface area (Å²) in [6, 6.07) is 7.51. The molecular formula is C19H27ClN4O3. The van der Waals surface area contributed by atoms with Gasteiger partial charge in [0.2, 0.25) is 0 Å². The molecule has 1 saturated heterocycles. The van der Waals surface area contributed by atoms with Crippen LogP contribution in [-0.4, -0.2) is 54.9 Å². The Morgan fingerprint density at radius 2 is 2.04 bits per heavy atom. The van der Waals surface area contributed by atoms with Gasteiger partial charge in [-0.05, 0) is 44.1 Å². The summed E-state index contributed by atoms with van der Waals surface area (Å²) in [5, 5.41) is 7.71. The molecule has 1 amide bonds. The number of halogens is 1. The number of aromatic nitrogens is 2. The van der Waals surface area contributed by atoms with E-state index < -0.39 is 5.54 Å². The Morgan fingerprint density at radius 3 is 2.63 bits per heavy atom. The van der Waals surface area contributed by atoms with Gasteiger partial charge in [-0.2, -0.15) is 5.10 Å². The standard InChI is InChI=1S/C19H26N4O3.ClH/c1-22(14-15-5-6-16(25-2)13-17(15)26-3)18(24)19(7-10-20-11-8-19)23-12-4-9-21-23;/h4-6,9,12-13,20H,7-8,10-11,14H2,1-3H3;1H. The third-order valence-corrected chi connectivity index (χ3v) is 5.02. The molecule has 148 valence electrons. The minimum atomic E-state index is -0.636. The number of benzene rings is 1. The number of likely N-dealkylation sites (N-methyl/N-ethyl adjacent to an activating group) is 1. The van der Waals surface area contributed by atoms with E-state index in [1.54, 1.807) is 25.3 Å². The van der Waals surface area contributed by atoms with Gasteiger partial charge >= 0.3 is 0 Å². The Balaban J connectivity index is 0.00000261. The van der Waals surface area contributed by atoms with Crippen molar-refractivity contribution in [2.24, 2.45) is 0 Å². The Morgan fingerprint density at radius 1 is 1.30 bits per heavy atom. The van der Waals surface area contributed by atoms with Crippen LogP contribution >= 0.6 is 12.4 Å². The summed E-state index contributed by atoms with van der Waals surface area (Å²) in [5.74, 6) is 1.51. The van der Waals surface area contributed by atoms with Crippen molar-refractivity contribution >= 4 is 18.3 Å². The molecule has 1 fully saturated rings. The number of piperidine rings is 1. The summed E-state index contributed by atoms with van der Waals surface area (Å²) in [7, 11) is 5.08. The van der Waals surface area contributed by atoms with Gasteiger partial charge in [-0.15, -0.1) is 12.4 Å². The third kappa shape index (κ3) is 4.20. The molecule has 0 bridgehead atoms. The SMILES string of the molecule is COc1ccc(CN(C)C(=O)C2(n3cccn3)CCNCC2)c(OC)c1.Cl. The van der Waals surface area contributed by atoms with Crippen molar-refractivity contribution in [3.8, 4) is 11.5 Å². The molecule has 0 radical (unpaired) electrons. The van der Waals surface area contributed by atoms with Crippen LogP contribution in [0.25, 0.3) is 0 Å². The number of carbonyl (C=O) groups is 1. The fourth-order valence-electron chi connectivity index (χ4n) is 3.57. The fourth-order valence-corrected chi connectivity index (χ4v) is 3.57. The molecule has 27 heavy (non-hydrogen) atoms. The van der Waals surface area contributed by atoms with Crippen molar-refractivity contribution < 1.29 is 14.3 Å². The maximum Gasteiger partial charge on any atom is 0.250 e. The third-order valence-electron chi connectivity index (χ3n) is 5.02. The molecule has 1 N–H and O–H groups in total. The van der Waals surface area contributed by atoms with Crippen molar-refractivity contribution in [2.75, 3.05) is 34.4 Å². The molecule has 0 unspecified atom stereocenters. The number of methoxy groups -OCH3 is 2. The van der Waals surface area contributed by atoms with E-state index in [4.69, 9.17) is 9.47 Å². The number of ether oxygens (including phenoxy) is 2. The summed E-state index contributed by atoms with van der Waals surface area (Å²) in [5.41, 5.74) is 0.303. The molecule has 2 heterocycles. The summed E-state index contributed by atoms with van der Waals surface area (Å²) >= 11 is 0. The number of nitrogens with zero attached hydrogens (tertiary/aromatic N) is 3. The Kier molecular flexibility index (Phi) is 7.10. The smallest absolute Gasteiger partial charge is 0.250 e. The monoisotopic (exact) mass is 394 g/mol. The van der Waals surface area contributed by atoms with E-state index in [0.29, 0.717) is 12.3 Å². The maximum absolute atomic E-state index is 13.4. The molecule has 2 aromatic rings. The molecule has 8 heteroatoms. The van der Waals surface area contributed by atoms with Crippen LogP contribution in [0.15, 0.2) is 36.7 Å². The van der Waals surface area contributed by atoms with Crippen LogP contribution in [0.2, 0.25) is 0 Å². The molecular weight excluding hydrogens is 368 g/mol. The van der Waals surface area contributed by atoms with E-state index in [-0.39, 0.29) is 18.3 Å². The van der Waals surface area contributed by atoms with Crippen molar-refractivity contribution in [3.63, 3.8) is 0 Å². The first-order chi connectivity index (χ1) is 12.6. The lowest BCUT2D eigenvalue weighted by molar-refractivity contribution is -0.142. The number of nitrogens with one attached hydrogen (secondary N) is 1. The second kappa shape index (κ2) is 9.10. The van der Waals surface area contributed by atoms with Crippen LogP contribution in [0.5, 0.6) is 11.5 Å². The zero-order valence-electron chi connectivity index (χ0n) is 16.0. The summed E-state index contributed by atoms with van der Waals surface area (Å²) in [4.78, 5) is 15.2. The molecule has 0 atom stereocenters. The van der Waals surface area contributed by atoms with E-state index in [0.717, 1.165) is 37.2 Å². The first kappa shape index (κ1) is 21.1. The quantitative estimate of drug-likeness (QED) is 0.812. The number of rotatable bonds is 6. The fraction of sp³-hybridized carbons (Fsp3) is 0.474. The van der Waals surface area contributed by atoms with Gasteiger partial charge in [0.25, 0.3) is 5.91 Å². The van der Waals surface area contributed by atoms with Crippen LogP contribution in [-0.2, 0) is 16.9 Å². The molecule has 1 aromatic heterocycles. The normalized spacial score (nSPS) is 15.5. The number of hydrogen-bond acceptors (Lipinski definition) is 5. The Hall–Kier alpha value is -2.25. The average Bonchev–Trinajstić information content (AvgIpc) is 3.23. The highest BCUT2D eigenvalue weighted by atomic mass is 35.5. The molecule has 1 aliphatic heterocycles. The van der Waals surface area contributed by atoms with Crippen molar-refractivity contribution in [1.82, 2.24) is 20.0 Å². The Labute approximate surface area is 166 Å². The molecule has 1 aromatic carbocycles. The predicted octanol–water partition coefficient (Wildman–Crippen LogP) is 2.06. The zero-order chi connectivity index (χ0) is 18.6. The second-order valence-electron chi connectivity index (χ2n) is 6.57. The predicted molar refractivity (Wildman–Crippen MR) is 106 cm³/mol. The average molecular weight is 395 g/mol. The first-order valence-corrected chi connectivity index (χ1v) is 8.78. The second-order valence-corrected chi connectivity index (χ2v) is 6.57. The highest BCUT2D eigenvalue weighted by molar-refractivity contribution is 5.85. The van der Waals surface area contributed by atoms with E-state index in [1.165, 1.54) is 0 Å². The van der Waals surface area contributed by atoms with Crippen molar-refractivity contribution in [2.45, 2.75) is 24.9 Å². The van der Waals surface area contributed by atoms with Gasteiger partial charge in [-0.3, -0.25) is 9.48 Å². The van der Waals surface area contributed by atoms with Crippen LogP contribution in [0, 0.1) is 0 Å². The lowest BCUT2D eigenvalue weighted by Gasteiger charge is -2.39. The lowest BCUT2D eigenvalue weighted by atomic mass is 9.86. The molecule has 0 aliphatic carbocycles. The maximum atomic E-state index is 13.4. The number of carbonyl (C=O) groups excluding carboxylic acids is 1. The van der Waals surface area contributed by atoms with Crippen LogP contribution in [0.4, 0.5) is 0 Å². The lowest BCUT2D eigenvalue weighted by Crippen LogP contribution is -2.54.